The van der Waals surface area contributed by atoms with E-state index >= 15 is 0 Å². The van der Waals surface area contributed by atoms with E-state index in [4.69, 9.17) is 10.5 Å². The summed E-state index contributed by atoms with van der Waals surface area (Å²) in [6.45, 7) is 6.37. The summed E-state index contributed by atoms with van der Waals surface area (Å²) in [7, 11) is 0. The SMILES string of the molecule is Cc1ccc(Br)cc1OCc1ncc(C)c(N)c1C. The second-order valence-corrected chi connectivity index (χ2v) is 5.54. The molecule has 3 nitrogen and oxygen atoms in total. The van der Waals surface area contributed by atoms with Gasteiger partial charge in [0.25, 0.3) is 0 Å². The van der Waals surface area contributed by atoms with E-state index in [1.165, 1.54) is 0 Å². The minimum atomic E-state index is 0.424. The molecule has 0 atom stereocenters. The van der Waals surface area contributed by atoms with E-state index in [2.05, 4.69) is 20.9 Å². The van der Waals surface area contributed by atoms with Gasteiger partial charge in [-0.15, -0.1) is 0 Å². The van der Waals surface area contributed by atoms with E-state index in [1.807, 2.05) is 39.0 Å². The van der Waals surface area contributed by atoms with E-state index in [0.717, 1.165) is 38.3 Å². The van der Waals surface area contributed by atoms with Crippen molar-refractivity contribution in [1.29, 1.82) is 0 Å². The van der Waals surface area contributed by atoms with Crippen molar-refractivity contribution in [3.8, 4) is 5.75 Å². The van der Waals surface area contributed by atoms with Gasteiger partial charge >= 0.3 is 0 Å². The van der Waals surface area contributed by atoms with Gasteiger partial charge in [0, 0.05) is 16.4 Å². The molecule has 0 unspecified atom stereocenters. The third-order valence-corrected chi connectivity index (χ3v) is 3.68. The highest BCUT2D eigenvalue weighted by Gasteiger charge is 2.08. The highest BCUT2D eigenvalue weighted by molar-refractivity contribution is 9.10. The van der Waals surface area contributed by atoms with E-state index < -0.39 is 0 Å². The molecule has 0 aliphatic rings. The number of benzene rings is 1. The first-order chi connectivity index (χ1) is 8.99. The van der Waals surface area contributed by atoms with Crippen molar-refractivity contribution >= 4 is 21.6 Å². The van der Waals surface area contributed by atoms with E-state index in [0.29, 0.717) is 6.61 Å². The smallest absolute Gasteiger partial charge is 0.131 e. The summed E-state index contributed by atoms with van der Waals surface area (Å²) < 4.78 is 6.83. The van der Waals surface area contributed by atoms with Crippen molar-refractivity contribution in [3.05, 3.63) is 51.3 Å². The first kappa shape index (κ1) is 13.9. The van der Waals surface area contributed by atoms with Gasteiger partial charge in [-0.3, -0.25) is 4.98 Å². The Balaban J connectivity index is 2.19. The molecular weight excluding hydrogens is 304 g/mol. The minimum Gasteiger partial charge on any atom is -0.487 e. The molecule has 0 spiro atoms. The second-order valence-electron chi connectivity index (χ2n) is 4.63. The fourth-order valence-corrected chi connectivity index (χ4v) is 2.15. The van der Waals surface area contributed by atoms with Crippen molar-refractivity contribution in [1.82, 2.24) is 4.98 Å². The van der Waals surface area contributed by atoms with Gasteiger partial charge in [0.05, 0.1) is 5.69 Å². The quantitative estimate of drug-likeness (QED) is 0.932. The number of anilines is 1. The Hall–Kier alpha value is -1.55. The van der Waals surface area contributed by atoms with Gasteiger partial charge in [0.15, 0.2) is 0 Å². The van der Waals surface area contributed by atoms with Crippen LogP contribution in [-0.4, -0.2) is 4.98 Å². The molecule has 0 aliphatic heterocycles. The molecule has 0 fully saturated rings. The monoisotopic (exact) mass is 320 g/mol. The van der Waals surface area contributed by atoms with Gasteiger partial charge in [0.2, 0.25) is 0 Å². The molecular formula is C15H17BrN2O. The van der Waals surface area contributed by atoms with E-state index in [-0.39, 0.29) is 0 Å². The zero-order chi connectivity index (χ0) is 14.0. The van der Waals surface area contributed by atoms with Gasteiger partial charge in [-0.05, 0) is 49.6 Å². The van der Waals surface area contributed by atoms with Crippen LogP contribution in [-0.2, 0) is 6.61 Å². The highest BCUT2D eigenvalue weighted by atomic mass is 79.9. The first-order valence-electron chi connectivity index (χ1n) is 6.08. The predicted octanol–water partition coefficient (Wildman–Crippen LogP) is 3.93. The average Bonchev–Trinajstić information content (AvgIpc) is 2.39. The maximum atomic E-state index is 6.00. The van der Waals surface area contributed by atoms with Crippen molar-refractivity contribution in [2.24, 2.45) is 0 Å². The number of rotatable bonds is 3. The number of hydrogen-bond donors (Lipinski definition) is 1. The Morgan fingerprint density at radius 3 is 2.68 bits per heavy atom. The van der Waals surface area contributed by atoms with Gasteiger partial charge in [-0.2, -0.15) is 0 Å². The van der Waals surface area contributed by atoms with Crippen molar-refractivity contribution in [3.63, 3.8) is 0 Å². The van der Waals surface area contributed by atoms with Crippen LogP contribution in [0, 0.1) is 20.8 Å². The lowest BCUT2D eigenvalue weighted by Crippen LogP contribution is -2.05. The van der Waals surface area contributed by atoms with Gasteiger partial charge in [0.1, 0.15) is 12.4 Å². The zero-order valence-corrected chi connectivity index (χ0v) is 12.9. The second kappa shape index (κ2) is 5.61. The first-order valence-corrected chi connectivity index (χ1v) is 6.88. The summed E-state index contributed by atoms with van der Waals surface area (Å²) in [6, 6.07) is 5.97. The molecule has 1 aromatic carbocycles. The summed E-state index contributed by atoms with van der Waals surface area (Å²) in [5.41, 5.74) is 10.8. The van der Waals surface area contributed by atoms with Crippen molar-refractivity contribution in [2.75, 3.05) is 5.73 Å². The third-order valence-electron chi connectivity index (χ3n) is 3.19. The summed E-state index contributed by atoms with van der Waals surface area (Å²) >= 11 is 3.44. The maximum absolute atomic E-state index is 6.00. The lowest BCUT2D eigenvalue weighted by atomic mass is 10.1. The molecule has 2 N–H and O–H groups in total. The predicted molar refractivity (Wildman–Crippen MR) is 81.3 cm³/mol. The molecule has 4 heteroatoms. The molecule has 100 valence electrons. The van der Waals surface area contributed by atoms with Crippen LogP contribution in [0.2, 0.25) is 0 Å². The Labute approximate surface area is 121 Å². The molecule has 2 aromatic rings. The maximum Gasteiger partial charge on any atom is 0.131 e. The molecule has 0 amide bonds. The third kappa shape index (κ3) is 3.07. The number of aryl methyl sites for hydroxylation is 2. The molecule has 0 saturated heterocycles. The zero-order valence-electron chi connectivity index (χ0n) is 11.3. The molecule has 1 heterocycles. The number of pyridine rings is 1. The standard InChI is InChI=1S/C15H17BrN2O/c1-9-4-5-12(16)6-14(9)19-8-13-11(3)15(17)10(2)7-18-13/h4-7H,8H2,1-3H3,(H2,17,18). The molecule has 0 aliphatic carbocycles. The Kier molecular flexibility index (Phi) is 4.10. The van der Waals surface area contributed by atoms with Crippen molar-refractivity contribution < 1.29 is 4.74 Å². The number of nitrogens with two attached hydrogens (primary N) is 1. The summed E-state index contributed by atoms with van der Waals surface area (Å²) in [5.74, 6) is 0.856. The van der Waals surface area contributed by atoms with Gasteiger partial charge in [-0.1, -0.05) is 22.0 Å². The number of nitrogens with zero attached hydrogens (tertiary/aromatic N) is 1. The number of aromatic nitrogens is 1. The minimum absolute atomic E-state index is 0.424. The van der Waals surface area contributed by atoms with E-state index in [1.54, 1.807) is 6.20 Å². The van der Waals surface area contributed by atoms with Gasteiger partial charge in [-0.25, -0.2) is 0 Å². The summed E-state index contributed by atoms with van der Waals surface area (Å²) in [4.78, 5) is 4.39. The fourth-order valence-electron chi connectivity index (χ4n) is 1.81. The average molecular weight is 321 g/mol. The number of ether oxygens (including phenoxy) is 1. The molecule has 0 saturated carbocycles. The normalized spacial score (nSPS) is 10.5. The van der Waals surface area contributed by atoms with Gasteiger partial charge < -0.3 is 10.5 Å². The van der Waals surface area contributed by atoms with Crippen LogP contribution in [0.4, 0.5) is 5.69 Å². The van der Waals surface area contributed by atoms with Crippen LogP contribution in [0.25, 0.3) is 0 Å². The van der Waals surface area contributed by atoms with Crippen LogP contribution < -0.4 is 10.5 Å². The highest BCUT2D eigenvalue weighted by Crippen LogP contribution is 2.25. The number of halogens is 1. The fraction of sp³-hybridized carbons (Fsp3) is 0.267. The van der Waals surface area contributed by atoms with Crippen LogP contribution in [0.3, 0.4) is 0 Å². The van der Waals surface area contributed by atoms with E-state index in [9.17, 15) is 0 Å². The van der Waals surface area contributed by atoms with Crippen LogP contribution in [0.1, 0.15) is 22.4 Å². The molecule has 1 aromatic heterocycles. The Morgan fingerprint density at radius 2 is 1.95 bits per heavy atom. The van der Waals surface area contributed by atoms with Crippen LogP contribution in [0.5, 0.6) is 5.75 Å². The number of nitrogen functional groups attached to an aromatic ring is 1. The summed E-state index contributed by atoms with van der Waals surface area (Å²) in [5, 5.41) is 0. The number of hydrogen-bond acceptors (Lipinski definition) is 3. The van der Waals surface area contributed by atoms with Crippen molar-refractivity contribution in [2.45, 2.75) is 27.4 Å². The lowest BCUT2D eigenvalue weighted by Gasteiger charge is -2.12. The van der Waals surface area contributed by atoms with Crippen LogP contribution in [0.15, 0.2) is 28.9 Å². The molecule has 0 radical (unpaired) electrons. The van der Waals surface area contributed by atoms with Crippen LogP contribution >= 0.6 is 15.9 Å². The molecule has 0 bridgehead atoms. The largest absolute Gasteiger partial charge is 0.487 e. The topological polar surface area (TPSA) is 48.1 Å². The molecule has 2 rings (SSSR count). The Bertz CT molecular complexity index is 611. The molecule has 19 heavy (non-hydrogen) atoms. The Morgan fingerprint density at radius 1 is 1.21 bits per heavy atom. The lowest BCUT2D eigenvalue weighted by molar-refractivity contribution is 0.298. The summed E-state index contributed by atoms with van der Waals surface area (Å²) in [6.07, 6.45) is 1.79.